The number of likely N-dealkylation sites (N-methyl/N-ethyl adjacent to an activating group) is 2. The first-order chi connectivity index (χ1) is 9.54. The topological polar surface area (TPSA) is 93.3 Å². The Balaban J connectivity index is 2.54. The maximum absolute atomic E-state index is 11.5. The van der Waals surface area contributed by atoms with Gasteiger partial charge in [-0.2, -0.15) is 0 Å². The first kappa shape index (κ1) is 15.8. The Morgan fingerprint density at radius 1 is 1.55 bits per heavy atom. The number of hydrogen-bond acceptors (Lipinski definition) is 6. The molecule has 1 aromatic heterocycles. The molecule has 0 aliphatic rings. The quantitative estimate of drug-likeness (QED) is 0.421. The number of nitrogens with zero attached hydrogens (tertiary/aromatic N) is 4. The summed E-state index contributed by atoms with van der Waals surface area (Å²) in [4.78, 5) is 26.6. The molecule has 108 valence electrons. The molecule has 0 aromatic carbocycles. The van der Waals surface area contributed by atoms with Crippen molar-refractivity contribution in [1.82, 2.24) is 19.8 Å². The molecule has 1 aromatic rings. The Labute approximate surface area is 116 Å². The van der Waals surface area contributed by atoms with Crippen molar-refractivity contribution in [2.75, 3.05) is 33.7 Å². The fourth-order valence-electron chi connectivity index (χ4n) is 1.36. The summed E-state index contributed by atoms with van der Waals surface area (Å²) < 4.78 is 1.23. The zero-order valence-electron chi connectivity index (χ0n) is 11.5. The van der Waals surface area contributed by atoms with Crippen LogP contribution in [-0.4, -0.2) is 53.1 Å². The molecule has 0 aliphatic heterocycles. The highest BCUT2D eigenvalue weighted by Crippen LogP contribution is 2.00. The van der Waals surface area contributed by atoms with Crippen LogP contribution in [0.25, 0.3) is 0 Å². The van der Waals surface area contributed by atoms with E-state index >= 15 is 0 Å². The number of aromatic nitrogens is 2. The lowest BCUT2D eigenvalue weighted by Gasteiger charge is -2.11. The highest BCUT2D eigenvalue weighted by atomic mass is 16.6. The fraction of sp³-hybridized carbons (Fsp3) is 0.500. The predicted molar refractivity (Wildman–Crippen MR) is 74.4 cm³/mol. The highest BCUT2D eigenvalue weighted by Gasteiger charge is 2.09. The molecule has 0 bridgehead atoms. The third-order valence-corrected chi connectivity index (χ3v) is 2.51. The Bertz CT molecular complexity index is 572. The summed E-state index contributed by atoms with van der Waals surface area (Å²) in [5, 5.41) is 13.5. The third-order valence-electron chi connectivity index (χ3n) is 2.51. The van der Waals surface area contributed by atoms with Crippen LogP contribution in [0.4, 0.5) is 5.82 Å². The van der Waals surface area contributed by atoms with E-state index in [1.165, 1.54) is 16.8 Å². The monoisotopic (exact) mass is 279 g/mol. The van der Waals surface area contributed by atoms with Gasteiger partial charge >= 0.3 is 11.5 Å². The molecular weight excluding hydrogens is 262 g/mol. The zero-order valence-corrected chi connectivity index (χ0v) is 11.5. The van der Waals surface area contributed by atoms with Gasteiger partial charge in [0.05, 0.1) is 19.2 Å². The van der Waals surface area contributed by atoms with Crippen molar-refractivity contribution in [3.05, 3.63) is 32.9 Å². The van der Waals surface area contributed by atoms with Crippen LogP contribution in [0, 0.1) is 22.0 Å². The molecule has 1 N–H and O–H groups in total. The van der Waals surface area contributed by atoms with Crippen LogP contribution in [0.1, 0.15) is 0 Å². The van der Waals surface area contributed by atoms with E-state index in [9.17, 15) is 14.9 Å². The standard InChI is InChI=1S/C12H17N5O3/c1-13-6-10-15(2)7-3-4-8-16-9-5-11(17(19)20)14-12(16)18/h5,9,13H,6-8,10H2,1-2H3. The zero-order chi connectivity index (χ0) is 15.0. The van der Waals surface area contributed by atoms with Gasteiger partial charge in [-0.3, -0.25) is 9.47 Å². The van der Waals surface area contributed by atoms with Crippen LogP contribution in [0.5, 0.6) is 0 Å². The second-order valence-corrected chi connectivity index (χ2v) is 4.15. The maximum atomic E-state index is 11.5. The molecule has 0 saturated heterocycles. The number of rotatable bonds is 6. The van der Waals surface area contributed by atoms with Crippen LogP contribution in [-0.2, 0) is 6.54 Å². The SMILES string of the molecule is CNCCN(C)CC#CCn1ccc([N+](=O)[O-])nc1=O. The number of hydrogen-bond donors (Lipinski definition) is 1. The number of nitrogens with one attached hydrogen (secondary N) is 1. The minimum atomic E-state index is -0.700. The molecule has 0 saturated carbocycles. The summed E-state index contributed by atoms with van der Waals surface area (Å²) in [6.07, 6.45) is 1.33. The molecule has 0 unspecified atom stereocenters. The number of nitro groups is 1. The van der Waals surface area contributed by atoms with E-state index in [-0.39, 0.29) is 6.54 Å². The van der Waals surface area contributed by atoms with Gasteiger partial charge < -0.3 is 15.4 Å². The van der Waals surface area contributed by atoms with E-state index in [4.69, 9.17) is 0 Å². The minimum Gasteiger partial charge on any atom is -0.358 e. The van der Waals surface area contributed by atoms with E-state index in [0.29, 0.717) is 6.54 Å². The average molecular weight is 279 g/mol. The molecule has 0 radical (unpaired) electrons. The lowest BCUT2D eigenvalue weighted by Crippen LogP contribution is -2.27. The van der Waals surface area contributed by atoms with Crippen LogP contribution >= 0.6 is 0 Å². The van der Waals surface area contributed by atoms with E-state index in [1.54, 1.807) is 0 Å². The predicted octanol–water partition coefficient (Wildman–Crippen LogP) is -0.694. The summed E-state index contributed by atoms with van der Waals surface area (Å²) >= 11 is 0. The lowest BCUT2D eigenvalue weighted by molar-refractivity contribution is -0.389. The molecule has 8 heteroatoms. The molecule has 1 rings (SSSR count). The Kier molecular flexibility index (Phi) is 6.36. The summed E-state index contributed by atoms with van der Waals surface area (Å²) in [6.45, 7) is 2.52. The molecule has 0 aliphatic carbocycles. The average Bonchev–Trinajstić information content (AvgIpc) is 2.42. The minimum absolute atomic E-state index is 0.170. The van der Waals surface area contributed by atoms with Crippen molar-refractivity contribution in [2.45, 2.75) is 6.54 Å². The first-order valence-corrected chi connectivity index (χ1v) is 6.05. The summed E-state index contributed by atoms with van der Waals surface area (Å²) in [5.41, 5.74) is -0.669. The van der Waals surface area contributed by atoms with Gasteiger partial charge in [0, 0.05) is 24.3 Å². The Hall–Kier alpha value is -2.24. The molecule has 8 nitrogen and oxygen atoms in total. The maximum Gasteiger partial charge on any atom is 0.458 e. The molecule has 1 heterocycles. The van der Waals surface area contributed by atoms with Gasteiger partial charge in [0.2, 0.25) is 0 Å². The van der Waals surface area contributed by atoms with E-state index in [2.05, 4.69) is 22.1 Å². The van der Waals surface area contributed by atoms with Gasteiger partial charge in [0.25, 0.3) is 0 Å². The molecule has 0 fully saturated rings. The normalized spacial score (nSPS) is 10.2. The summed E-state index contributed by atoms with van der Waals surface area (Å²) in [6, 6.07) is 1.18. The van der Waals surface area contributed by atoms with E-state index in [1.807, 2.05) is 19.0 Å². The van der Waals surface area contributed by atoms with Crippen molar-refractivity contribution in [1.29, 1.82) is 0 Å². The van der Waals surface area contributed by atoms with Crippen molar-refractivity contribution in [3.8, 4) is 11.8 Å². The van der Waals surface area contributed by atoms with Crippen LogP contribution in [0.3, 0.4) is 0 Å². The first-order valence-electron chi connectivity index (χ1n) is 6.05. The van der Waals surface area contributed by atoms with Crippen molar-refractivity contribution in [2.24, 2.45) is 0 Å². The molecule has 20 heavy (non-hydrogen) atoms. The molecular formula is C12H17N5O3. The summed E-state index contributed by atoms with van der Waals surface area (Å²) in [7, 11) is 3.83. The van der Waals surface area contributed by atoms with Gasteiger partial charge in [0.1, 0.15) is 0 Å². The summed E-state index contributed by atoms with van der Waals surface area (Å²) in [5.74, 6) is 5.32. The third kappa shape index (κ3) is 5.17. The van der Waals surface area contributed by atoms with Crippen molar-refractivity contribution < 1.29 is 4.92 Å². The van der Waals surface area contributed by atoms with Crippen LogP contribution in [0.15, 0.2) is 17.1 Å². The molecule has 0 amide bonds. The van der Waals surface area contributed by atoms with Gasteiger partial charge in [-0.25, -0.2) is 4.79 Å². The Morgan fingerprint density at radius 2 is 2.30 bits per heavy atom. The second kappa shape index (κ2) is 8.04. The van der Waals surface area contributed by atoms with Crippen LogP contribution < -0.4 is 11.0 Å². The molecule has 0 atom stereocenters. The van der Waals surface area contributed by atoms with E-state index in [0.717, 1.165) is 13.1 Å². The van der Waals surface area contributed by atoms with Crippen molar-refractivity contribution >= 4 is 5.82 Å². The Morgan fingerprint density at radius 3 is 2.90 bits per heavy atom. The van der Waals surface area contributed by atoms with Gasteiger partial charge in [0.15, 0.2) is 0 Å². The lowest BCUT2D eigenvalue weighted by atomic mass is 10.4. The van der Waals surface area contributed by atoms with Gasteiger partial charge in [-0.05, 0) is 19.0 Å². The smallest absolute Gasteiger partial charge is 0.358 e. The van der Waals surface area contributed by atoms with Gasteiger partial charge in [-0.15, -0.1) is 0 Å². The van der Waals surface area contributed by atoms with Gasteiger partial charge in [-0.1, -0.05) is 11.8 Å². The second-order valence-electron chi connectivity index (χ2n) is 4.15. The largest absolute Gasteiger partial charge is 0.458 e. The van der Waals surface area contributed by atoms with E-state index < -0.39 is 16.4 Å². The highest BCUT2D eigenvalue weighted by molar-refractivity contribution is 5.14. The van der Waals surface area contributed by atoms with Crippen molar-refractivity contribution in [3.63, 3.8) is 0 Å². The fourth-order valence-corrected chi connectivity index (χ4v) is 1.36. The van der Waals surface area contributed by atoms with Crippen LogP contribution in [0.2, 0.25) is 0 Å². The molecule has 0 spiro atoms.